The van der Waals surface area contributed by atoms with Crippen molar-refractivity contribution in [3.63, 3.8) is 0 Å². The minimum absolute atomic E-state index is 0.310. The van der Waals surface area contributed by atoms with Crippen LogP contribution in [0.15, 0.2) is 57.0 Å². The molecule has 0 amide bonds. The zero-order chi connectivity index (χ0) is 20.7. The Morgan fingerprint density at radius 1 is 1.24 bits per heavy atom. The second-order valence-electron chi connectivity index (χ2n) is 6.66. The van der Waals surface area contributed by atoms with Gasteiger partial charge in [-0.05, 0) is 65.0 Å². The van der Waals surface area contributed by atoms with Gasteiger partial charge in [-0.2, -0.15) is 16.2 Å². The van der Waals surface area contributed by atoms with Gasteiger partial charge in [-0.25, -0.2) is 14.4 Å². The van der Waals surface area contributed by atoms with Gasteiger partial charge in [0.25, 0.3) is 0 Å². The Balaban J connectivity index is 1.83. The van der Waals surface area contributed by atoms with E-state index in [9.17, 15) is 9.65 Å². The molecule has 3 aromatic rings. The zero-order valence-corrected chi connectivity index (χ0v) is 18.7. The number of pyridine rings is 1. The van der Waals surface area contributed by atoms with Crippen molar-refractivity contribution in [3.8, 4) is 6.07 Å². The topological polar surface area (TPSA) is 56.7 Å². The summed E-state index contributed by atoms with van der Waals surface area (Å²) in [6.07, 6.45) is 4.79. The second-order valence-corrected chi connectivity index (χ2v) is 9.54. The van der Waals surface area contributed by atoms with E-state index in [1.54, 1.807) is 12.1 Å². The van der Waals surface area contributed by atoms with Crippen molar-refractivity contribution in [3.05, 3.63) is 69.0 Å². The number of amidine groups is 1. The first-order valence-electron chi connectivity index (χ1n) is 9.07. The number of aryl methyl sites for hydroxylation is 1. The summed E-state index contributed by atoms with van der Waals surface area (Å²) < 4.78 is 16.3. The molecule has 0 bridgehead atoms. The molecule has 0 fully saturated rings. The third kappa shape index (κ3) is 3.34. The molecular formula is C21H19BrFN5S. The molecule has 1 aliphatic heterocycles. The number of nitriles is 1. The van der Waals surface area contributed by atoms with Crippen LogP contribution < -0.4 is 4.90 Å². The van der Waals surface area contributed by atoms with E-state index in [0.29, 0.717) is 10.6 Å². The minimum Gasteiger partial charge on any atom is -0.309 e. The summed E-state index contributed by atoms with van der Waals surface area (Å²) in [6, 6.07) is 12.4. The Kier molecular flexibility index (Phi) is 5.19. The van der Waals surface area contributed by atoms with E-state index in [4.69, 9.17) is 9.98 Å². The van der Waals surface area contributed by atoms with Gasteiger partial charge in [0.15, 0.2) is 5.17 Å². The number of thiol groups is 1. The molecule has 0 saturated heterocycles. The number of anilines is 1. The first-order chi connectivity index (χ1) is 13.9. The molecule has 0 radical (unpaired) electrons. The number of allylic oxidation sites excluding steroid dienone is 1. The average molecular weight is 472 g/mol. The van der Waals surface area contributed by atoms with Crippen LogP contribution in [0.5, 0.6) is 0 Å². The van der Waals surface area contributed by atoms with Gasteiger partial charge in [0.05, 0.1) is 16.3 Å². The lowest BCUT2D eigenvalue weighted by molar-refractivity contribution is 0.627. The Bertz CT molecular complexity index is 1210. The van der Waals surface area contributed by atoms with Crippen molar-refractivity contribution >= 4 is 49.2 Å². The van der Waals surface area contributed by atoms with Gasteiger partial charge < -0.3 is 4.90 Å². The van der Waals surface area contributed by atoms with E-state index in [1.807, 2.05) is 40.9 Å². The van der Waals surface area contributed by atoms with E-state index in [0.717, 1.165) is 38.8 Å². The average Bonchev–Trinajstić information content (AvgIpc) is 3.25. The standard InChI is InChI=1S/C21H19BrFN5S/c1-4-16-20(28-12-14(22)7-10-18(28)25-16)27(2)21-26-19(17(11-24)29(21)3)13-5-8-15(23)9-6-13/h5-10,12,29H,4H2,1-3H3. The molecule has 148 valence electrons. The monoisotopic (exact) mass is 471 g/mol. The Labute approximate surface area is 179 Å². The number of benzene rings is 1. The fourth-order valence-corrected chi connectivity index (χ4v) is 5.44. The summed E-state index contributed by atoms with van der Waals surface area (Å²) in [5, 5.41) is 10.6. The Morgan fingerprint density at radius 3 is 2.62 bits per heavy atom. The summed E-state index contributed by atoms with van der Waals surface area (Å²) >= 11 is 3.53. The van der Waals surface area contributed by atoms with E-state index in [2.05, 4.69) is 28.9 Å². The van der Waals surface area contributed by atoms with Crippen molar-refractivity contribution in [1.29, 1.82) is 5.26 Å². The molecule has 3 heterocycles. The van der Waals surface area contributed by atoms with E-state index >= 15 is 0 Å². The number of halogens is 2. The predicted molar refractivity (Wildman–Crippen MR) is 122 cm³/mol. The molecule has 0 saturated carbocycles. The van der Waals surface area contributed by atoms with E-state index in [-0.39, 0.29) is 5.82 Å². The molecule has 0 spiro atoms. The highest BCUT2D eigenvalue weighted by Crippen LogP contribution is 2.46. The van der Waals surface area contributed by atoms with Gasteiger partial charge in [0.1, 0.15) is 23.4 Å². The van der Waals surface area contributed by atoms with Crippen LogP contribution in [0.25, 0.3) is 11.3 Å². The molecule has 29 heavy (non-hydrogen) atoms. The third-order valence-electron chi connectivity index (χ3n) is 4.87. The number of hydrogen-bond donors (Lipinski definition) is 1. The number of aliphatic imine (C=N–C) groups is 1. The van der Waals surface area contributed by atoms with Crippen LogP contribution in [0.2, 0.25) is 0 Å². The van der Waals surface area contributed by atoms with Crippen LogP contribution in [-0.2, 0) is 6.42 Å². The lowest BCUT2D eigenvalue weighted by Crippen LogP contribution is -2.27. The first kappa shape index (κ1) is 19.7. The van der Waals surface area contributed by atoms with Gasteiger partial charge in [-0.3, -0.25) is 4.40 Å². The van der Waals surface area contributed by atoms with Crippen LogP contribution in [-0.4, -0.2) is 27.9 Å². The molecule has 2 aromatic heterocycles. The number of hydrogen-bond acceptors (Lipinski definition) is 4. The van der Waals surface area contributed by atoms with Crippen molar-refractivity contribution in [2.24, 2.45) is 4.99 Å². The first-order valence-corrected chi connectivity index (χ1v) is 11.7. The molecule has 1 unspecified atom stereocenters. The fraction of sp³-hybridized carbons (Fsp3) is 0.190. The molecule has 4 rings (SSSR count). The van der Waals surface area contributed by atoms with Crippen molar-refractivity contribution in [2.45, 2.75) is 13.3 Å². The molecule has 1 aliphatic rings. The maximum Gasteiger partial charge on any atom is 0.154 e. The molecular weight excluding hydrogens is 453 g/mol. The third-order valence-corrected chi connectivity index (χ3v) is 7.33. The highest BCUT2D eigenvalue weighted by atomic mass is 79.9. The minimum atomic E-state index is -0.939. The summed E-state index contributed by atoms with van der Waals surface area (Å²) in [4.78, 5) is 12.3. The second kappa shape index (κ2) is 7.65. The Hall–Kier alpha value is -2.63. The predicted octanol–water partition coefficient (Wildman–Crippen LogP) is 5.13. The SMILES string of the molecule is CCc1nc2ccc(Br)cn2c1N(C)C1=NC(c2ccc(F)cc2)=C(C#N)[SH]1C. The number of imidazole rings is 1. The zero-order valence-electron chi connectivity index (χ0n) is 16.2. The molecule has 5 nitrogen and oxygen atoms in total. The van der Waals surface area contributed by atoms with Crippen molar-refractivity contribution < 1.29 is 4.39 Å². The van der Waals surface area contributed by atoms with Crippen molar-refractivity contribution in [2.75, 3.05) is 18.2 Å². The number of rotatable bonds is 3. The smallest absolute Gasteiger partial charge is 0.154 e. The van der Waals surface area contributed by atoms with E-state index in [1.165, 1.54) is 12.1 Å². The van der Waals surface area contributed by atoms with Crippen molar-refractivity contribution in [1.82, 2.24) is 9.38 Å². The molecule has 0 aliphatic carbocycles. The molecule has 1 atom stereocenters. The van der Waals surface area contributed by atoms with Gasteiger partial charge in [-0.1, -0.05) is 6.92 Å². The summed E-state index contributed by atoms with van der Waals surface area (Å²) in [6.45, 7) is 2.07. The van der Waals surface area contributed by atoms with Crippen LogP contribution in [0.3, 0.4) is 0 Å². The highest BCUT2D eigenvalue weighted by molar-refractivity contribution is 9.10. The normalized spacial score (nSPS) is 17.5. The van der Waals surface area contributed by atoms with Gasteiger partial charge in [0, 0.05) is 23.3 Å². The highest BCUT2D eigenvalue weighted by Gasteiger charge is 2.30. The molecule has 1 aromatic carbocycles. The van der Waals surface area contributed by atoms with Crippen LogP contribution in [0.1, 0.15) is 18.2 Å². The summed E-state index contributed by atoms with van der Waals surface area (Å²) in [5.41, 5.74) is 3.19. The van der Waals surface area contributed by atoms with Crippen LogP contribution in [0.4, 0.5) is 10.2 Å². The van der Waals surface area contributed by atoms with Crippen LogP contribution in [0, 0.1) is 17.1 Å². The molecule has 8 heteroatoms. The Morgan fingerprint density at radius 2 is 1.97 bits per heavy atom. The number of aromatic nitrogens is 2. The fourth-order valence-electron chi connectivity index (χ4n) is 3.47. The number of nitrogens with zero attached hydrogens (tertiary/aromatic N) is 5. The number of fused-ring (bicyclic) bond motifs is 1. The lowest BCUT2D eigenvalue weighted by Gasteiger charge is -2.24. The van der Waals surface area contributed by atoms with Gasteiger partial charge in [-0.15, -0.1) is 0 Å². The summed E-state index contributed by atoms with van der Waals surface area (Å²) in [5.74, 6) is 0.629. The maximum atomic E-state index is 13.3. The van der Waals surface area contributed by atoms with Crippen LogP contribution >= 0.6 is 26.8 Å². The quantitative estimate of drug-likeness (QED) is 0.538. The maximum absolute atomic E-state index is 13.3. The van der Waals surface area contributed by atoms with Gasteiger partial charge >= 0.3 is 0 Å². The van der Waals surface area contributed by atoms with E-state index < -0.39 is 10.9 Å². The van der Waals surface area contributed by atoms with Gasteiger partial charge in [0.2, 0.25) is 0 Å². The molecule has 0 N–H and O–H groups in total. The summed E-state index contributed by atoms with van der Waals surface area (Å²) in [7, 11) is 1.02. The lowest BCUT2D eigenvalue weighted by atomic mass is 10.1. The largest absolute Gasteiger partial charge is 0.309 e.